The molecule has 0 unspecified atom stereocenters. The third-order valence-electron chi connectivity index (χ3n) is 0.859. The van der Waals surface area contributed by atoms with Gasteiger partial charge in [-0.2, -0.15) is 0 Å². The van der Waals surface area contributed by atoms with Crippen LogP contribution in [0.25, 0.3) is 0 Å². The molecule has 10 heavy (non-hydrogen) atoms. The number of carbonyl (C=O) groups excluding carboxylic acids is 1. The van der Waals surface area contributed by atoms with Crippen LogP contribution in [0.4, 0.5) is 4.79 Å². The van der Waals surface area contributed by atoms with Gasteiger partial charge in [0.05, 0.1) is 0 Å². The Labute approximate surface area is 70.6 Å². The molecule has 0 saturated heterocycles. The third-order valence-corrected chi connectivity index (χ3v) is 2.62. The van der Waals surface area contributed by atoms with Crippen molar-refractivity contribution in [1.29, 1.82) is 0 Å². The van der Waals surface area contributed by atoms with Crippen LogP contribution in [0.5, 0.6) is 0 Å². The number of hydrogen-bond acceptors (Lipinski definition) is 3. The van der Waals surface area contributed by atoms with Gasteiger partial charge < -0.3 is 0 Å². The lowest BCUT2D eigenvalue weighted by Crippen LogP contribution is -1.80. The molecule has 0 rings (SSSR count). The SMILES string of the molecule is CSC(=O)SCC=C(C)C. The summed E-state index contributed by atoms with van der Waals surface area (Å²) in [5.41, 5.74) is 1.27. The predicted molar refractivity (Wildman–Crippen MR) is 50.8 cm³/mol. The van der Waals surface area contributed by atoms with E-state index in [4.69, 9.17) is 0 Å². The lowest BCUT2D eigenvalue weighted by molar-refractivity contribution is 0.276. The molecule has 58 valence electrons. The quantitative estimate of drug-likeness (QED) is 0.602. The van der Waals surface area contributed by atoms with Crippen LogP contribution < -0.4 is 0 Å². The van der Waals surface area contributed by atoms with Crippen molar-refractivity contribution in [2.45, 2.75) is 13.8 Å². The lowest BCUT2D eigenvalue weighted by Gasteiger charge is -1.91. The second kappa shape index (κ2) is 5.86. The van der Waals surface area contributed by atoms with Gasteiger partial charge in [-0.05, 0) is 20.1 Å². The fourth-order valence-electron chi connectivity index (χ4n) is 0.335. The molecule has 0 aromatic rings. The molecule has 0 bridgehead atoms. The van der Waals surface area contributed by atoms with Gasteiger partial charge in [0.25, 0.3) is 0 Å². The minimum Gasteiger partial charge on any atom is -0.274 e. The van der Waals surface area contributed by atoms with Crippen molar-refractivity contribution in [3.63, 3.8) is 0 Å². The molecule has 0 heterocycles. The summed E-state index contributed by atoms with van der Waals surface area (Å²) < 4.78 is 0.192. The standard InChI is InChI=1S/C7H12OS2/c1-6(2)4-5-10-7(8)9-3/h4H,5H2,1-3H3. The summed E-state index contributed by atoms with van der Waals surface area (Å²) in [6, 6.07) is 0. The smallest absolute Gasteiger partial charge is 0.246 e. The van der Waals surface area contributed by atoms with Crippen molar-refractivity contribution in [2.24, 2.45) is 0 Å². The molecule has 0 spiro atoms. The van der Waals surface area contributed by atoms with Crippen LogP contribution in [0.1, 0.15) is 13.8 Å². The van der Waals surface area contributed by atoms with Crippen LogP contribution in [0.2, 0.25) is 0 Å². The molecule has 0 N–H and O–H groups in total. The fourth-order valence-corrected chi connectivity index (χ4v) is 1.56. The highest BCUT2D eigenvalue weighted by Crippen LogP contribution is 2.13. The second-order valence-electron chi connectivity index (χ2n) is 2.05. The summed E-state index contributed by atoms with van der Waals surface area (Å²) in [6.45, 7) is 4.06. The Kier molecular flexibility index (Phi) is 5.93. The third kappa shape index (κ3) is 6.23. The summed E-state index contributed by atoms with van der Waals surface area (Å²) in [5, 5.41) is 0. The van der Waals surface area contributed by atoms with Crippen LogP contribution in [0.15, 0.2) is 11.6 Å². The van der Waals surface area contributed by atoms with Crippen LogP contribution in [-0.2, 0) is 0 Å². The first-order chi connectivity index (χ1) is 4.66. The molecule has 0 aliphatic heterocycles. The largest absolute Gasteiger partial charge is 0.274 e. The zero-order valence-electron chi connectivity index (χ0n) is 6.51. The van der Waals surface area contributed by atoms with Crippen LogP contribution in [-0.4, -0.2) is 16.5 Å². The maximum absolute atomic E-state index is 10.7. The molecule has 0 aromatic carbocycles. The number of hydrogen-bond donors (Lipinski definition) is 0. The number of carbonyl (C=O) groups is 1. The second-order valence-corrected chi connectivity index (χ2v) is 4.08. The average molecular weight is 176 g/mol. The van der Waals surface area contributed by atoms with Crippen LogP contribution in [0, 0.1) is 0 Å². The molecular formula is C7H12OS2. The average Bonchev–Trinajstić information content (AvgIpc) is 1.87. The predicted octanol–water partition coefficient (Wildman–Crippen LogP) is 3.17. The minimum atomic E-state index is 0.192. The molecule has 0 aromatic heterocycles. The molecule has 0 saturated carbocycles. The Balaban J connectivity index is 3.37. The molecule has 3 heteroatoms. The summed E-state index contributed by atoms with van der Waals surface area (Å²) >= 11 is 2.62. The van der Waals surface area contributed by atoms with Gasteiger partial charge in [-0.25, -0.2) is 0 Å². The summed E-state index contributed by atoms with van der Waals surface area (Å²) in [5.74, 6) is 0.808. The van der Waals surface area contributed by atoms with Gasteiger partial charge in [-0.1, -0.05) is 35.2 Å². The topological polar surface area (TPSA) is 17.1 Å². The van der Waals surface area contributed by atoms with E-state index in [1.54, 1.807) is 6.26 Å². The highest BCUT2D eigenvalue weighted by atomic mass is 32.2. The molecule has 1 nitrogen and oxygen atoms in total. The van der Waals surface area contributed by atoms with E-state index in [1.165, 1.54) is 29.1 Å². The maximum Gasteiger partial charge on any atom is 0.246 e. The Morgan fingerprint density at radius 3 is 2.50 bits per heavy atom. The van der Waals surface area contributed by atoms with E-state index in [2.05, 4.69) is 6.08 Å². The molecule has 0 fully saturated rings. The monoisotopic (exact) mass is 176 g/mol. The summed E-state index contributed by atoms with van der Waals surface area (Å²) in [4.78, 5) is 10.7. The highest BCUT2D eigenvalue weighted by molar-refractivity contribution is 8.38. The fraction of sp³-hybridized carbons (Fsp3) is 0.571. The zero-order valence-corrected chi connectivity index (χ0v) is 8.14. The van der Waals surface area contributed by atoms with Gasteiger partial charge in [-0.3, -0.25) is 4.79 Å². The Hall–Kier alpha value is 0.110. The van der Waals surface area contributed by atoms with Gasteiger partial charge >= 0.3 is 0 Å². The maximum atomic E-state index is 10.7. The van der Waals surface area contributed by atoms with Crippen molar-refractivity contribution in [3.8, 4) is 0 Å². The van der Waals surface area contributed by atoms with Gasteiger partial charge in [0, 0.05) is 5.75 Å². The Morgan fingerprint density at radius 2 is 2.10 bits per heavy atom. The summed E-state index contributed by atoms with van der Waals surface area (Å²) in [6.07, 6.45) is 3.86. The van der Waals surface area contributed by atoms with Crippen LogP contribution in [0.3, 0.4) is 0 Å². The molecule has 0 radical (unpaired) electrons. The van der Waals surface area contributed by atoms with E-state index in [-0.39, 0.29) is 4.45 Å². The van der Waals surface area contributed by atoms with Crippen molar-refractivity contribution in [3.05, 3.63) is 11.6 Å². The highest BCUT2D eigenvalue weighted by Gasteiger charge is 1.95. The van der Waals surface area contributed by atoms with Crippen molar-refractivity contribution >= 4 is 28.0 Å². The lowest BCUT2D eigenvalue weighted by atomic mass is 10.3. The molecule has 0 atom stereocenters. The van der Waals surface area contributed by atoms with E-state index >= 15 is 0 Å². The summed E-state index contributed by atoms with van der Waals surface area (Å²) in [7, 11) is 0. The van der Waals surface area contributed by atoms with Crippen molar-refractivity contribution in [1.82, 2.24) is 0 Å². The van der Waals surface area contributed by atoms with E-state index in [0.717, 1.165) is 5.75 Å². The van der Waals surface area contributed by atoms with E-state index in [1.807, 2.05) is 13.8 Å². The Bertz CT molecular complexity index is 137. The first-order valence-electron chi connectivity index (χ1n) is 3.01. The van der Waals surface area contributed by atoms with Crippen molar-refractivity contribution in [2.75, 3.05) is 12.0 Å². The molecular weight excluding hydrogens is 164 g/mol. The van der Waals surface area contributed by atoms with Gasteiger partial charge in [-0.15, -0.1) is 0 Å². The molecule has 0 aliphatic rings. The van der Waals surface area contributed by atoms with E-state index in [0.29, 0.717) is 0 Å². The molecule has 0 aliphatic carbocycles. The van der Waals surface area contributed by atoms with Gasteiger partial charge in [0.2, 0.25) is 4.45 Å². The number of allylic oxidation sites excluding steroid dienone is 1. The zero-order chi connectivity index (χ0) is 7.98. The first kappa shape index (κ1) is 10.1. The first-order valence-corrected chi connectivity index (χ1v) is 5.22. The normalized spacial score (nSPS) is 9.10. The van der Waals surface area contributed by atoms with Crippen molar-refractivity contribution < 1.29 is 4.79 Å². The van der Waals surface area contributed by atoms with Crippen LogP contribution >= 0.6 is 23.5 Å². The van der Waals surface area contributed by atoms with E-state index in [9.17, 15) is 4.79 Å². The minimum absolute atomic E-state index is 0.192. The van der Waals surface area contributed by atoms with Gasteiger partial charge in [0.15, 0.2) is 0 Å². The number of thioether (sulfide) groups is 2. The van der Waals surface area contributed by atoms with Gasteiger partial charge in [0.1, 0.15) is 0 Å². The van der Waals surface area contributed by atoms with E-state index < -0.39 is 0 Å². The number of rotatable bonds is 2. The Morgan fingerprint density at radius 1 is 1.50 bits per heavy atom. The molecule has 0 amide bonds.